The molecule has 1 atom stereocenters. The lowest BCUT2D eigenvalue weighted by molar-refractivity contribution is 0.0897. The Morgan fingerprint density at radius 2 is 1.94 bits per heavy atom. The molecule has 0 unspecified atom stereocenters. The smallest absolute Gasteiger partial charge is 0.251 e. The molecular formula is C13H19NO3. The Morgan fingerprint density at radius 3 is 2.35 bits per heavy atom. The Labute approximate surface area is 102 Å². The molecule has 1 aromatic rings. The van der Waals surface area contributed by atoms with Gasteiger partial charge in [-0.15, -0.1) is 0 Å². The van der Waals surface area contributed by atoms with Gasteiger partial charge in [0.1, 0.15) is 5.75 Å². The molecule has 0 radical (unpaired) electrons. The summed E-state index contributed by atoms with van der Waals surface area (Å²) in [7, 11) is 1.58. The lowest BCUT2D eigenvalue weighted by atomic mass is 10.0. The number of rotatable bonds is 5. The molecule has 0 saturated heterocycles. The van der Waals surface area contributed by atoms with Crippen molar-refractivity contribution in [3.63, 3.8) is 0 Å². The highest BCUT2D eigenvalue weighted by atomic mass is 16.5. The van der Waals surface area contributed by atoms with E-state index in [4.69, 9.17) is 9.84 Å². The second-order valence-electron chi connectivity index (χ2n) is 4.24. The van der Waals surface area contributed by atoms with E-state index >= 15 is 0 Å². The Morgan fingerprint density at radius 1 is 1.35 bits per heavy atom. The lowest BCUT2D eigenvalue weighted by Crippen LogP contribution is -2.41. The van der Waals surface area contributed by atoms with Gasteiger partial charge in [0.15, 0.2) is 0 Å². The number of methoxy groups -OCH3 is 1. The third-order valence-electron chi connectivity index (χ3n) is 2.67. The van der Waals surface area contributed by atoms with Gasteiger partial charge in [-0.05, 0) is 30.2 Å². The van der Waals surface area contributed by atoms with Gasteiger partial charge < -0.3 is 15.2 Å². The first-order chi connectivity index (χ1) is 8.08. The monoisotopic (exact) mass is 237 g/mol. The molecule has 94 valence electrons. The van der Waals surface area contributed by atoms with Crippen LogP contribution < -0.4 is 10.1 Å². The number of aliphatic hydroxyl groups is 1. The highest BCUT2D eigenvalue weighted by Crippen LogP contribution is 2.11. The first kappa shape index (κ1) is 13.5. The summed E-state index contributed by atoms with van der Waals surface area (Å²) < 4.78 is 5.02. The number of hydrogen-bond donors (Lipinski definition) is 2. The van der Waals surface area contributed by atoms with E-state index in [0.717, 1.165) is 0 Å². The van der Waals surface area contributed by atoms with Crippen LogP contribution in [0.5, 0.6) is 5.75 Å². The minimum Gasteiger partial charge on any atom is -0.497 e. The molecule has 0 aliphatic heterocycles. The topological polar surface area (TPSA) is 58.6 Å². The van der Waals surface area contributed by atoms with E-state index in [0.29, 0.717) is 11.3 Å². The van der Waals surface area contributed by atoms with E-state index < -0.39 is 0 Å². The van der Waals surface area contributed by atoms with E-state index in [1.54, 1.807) is 31.4 Å². The third-order valence-corrected chi connectivity index (χ3v) is 2.67. The second kappa shape index (κ2) is 6.25. The lowest BCUT2D eigenvalue weighted by Gasteiger charge is -2.19. The molecule has 0 saturated carbocycles. The SMILES string of the molecule is COc1ccc(C(=O)N[C@@H](CO)C(C)C)cc1. The Hall–Kier alpha value is -1.55. The summed E-state index contributed by atoms with van der Waals surface area (Å²) in [6, 6.07) is 6.65. The summed E-state index contributed by atoms with van der Waals surface area (Å²) >= 11 is 0. The van der Waals surface area contributed by atoms with Crippen LogP contribution in [0.3, 0.4) is 0 Å². The van der Waals surface area contributed by atoms with Crippen molar-refractivity contribution in [3.05, 3.63) is 29.8 Å². The number of amides is 1. The maximum atomic E-state index is 11.9. The maximum absolute atomic E-state index is 11.9. The van der Waals surface area contributed by atoms with Crippen LogP contribution in [0.15, 0.2) is 24.3 Å². The molecule has 1 aromatic carbocycles. The molecule has 1 amide bonds. The normalized spacial score (nSPS) is 12.3. The van der Waals surface area contributed by atoms with Gasteiger partial charge >= 0.3 is 0 Å². The van der Waals surface area contributed by atoms with Crippen molar-refractivity contribution in [2.24, 2.45) is 5.92 Å². The van der Waals surface area contributed by atoms with Crippen molar-refractivity contribution >= 4 is 5.91 Å². The Bertz CT molecular complexity index is 359. The highest BCUT2D eigenvalue weighted by Gasteiger charge is 2.15. The number of nitrogens with one attached hydrogen (secondary N) is 1. The van der Waals surface area contributed by atoms with Crippen LogP contribution in [0.25, 0.3) is 0 Å². The first-order valence-electron chi connectivity index (χ1n) is 5.64. The molecular weight excluding hydrogens is 218 g/mol. The van der Waals surface area contributed by atoms with Crippen molar-refractivity contribution in [1.82, 2.24) is 5.32 Å². The number of benzene rings is 1. The van der Waals surface area contributed by atoms with E-state index in [1.165, 1.54) is 0 Å². The summed E-state index contributed by atoms with van der Waals surface area (Å²) in [6.07, 6.45) is 0. The number of aliphatic hydroxyl groups excluding tert-OH is 1. The van der Waals surface area contributed by atoms with Crippen LogP contribution in [0.2, 0.25) is 0 Å². The van der Waals surface area contributed by atoms with Gasteiger partial charge in [-0.2, -0.15) is 0 Å². The quantitative estimate of drug-likeness (QED) is 0.814. The highest BCUT2D eigenvalue weighted by molar-refractivity contribution is 5.94. The molecule has 17 heavy (non-hydrogen) atoms. The van der Waals surface area contributed by atoms with Gasteiger partial charge in [0.25, 0.3) is 5.91 Å². The van der Waals surface area contributed by atoms with Crippen LogP contribution in [0.1, 0.15) is 24.2 Å². The second-order valence-corrected chi connectivity index (χ2v) is 4.24. The zero-order chi connectivity index (χ0) is 12.8. The predicted molar refractivity (Wildman–Crippen MR) is 66.2 cm³/mol. The first-order valence-corrected chi connectivity index (χ1v) is 5.64. The van der Waals surface area contributed by atoms with Crippen LogP contribution in [0.4, 0.5) is 0 Å². The average molecular weight is 237 g/mol. The number of carbonyl (C=O) groups is 1. The van der Waals surface area contributed by atoms with Gasteiger partial charge in [-0.1, -0.05) is 13.8 Å². The molecule has 0 aliphatic carbocycles. The molecule has 2 N–H and O–H groups in total. The predicted octanol–water partition coefficient (Wildman–Crippen LogP) is 1.44. The molecule has 0 aromatic heterocycles. The minimum absolute atomic E-state index is 0.0560. The molecule has 0 aliphatic rings. The summed E-state index contributed by atoms with van der Waals surface area (Å²) in [5.41, 5.74) is 0.560. The van der Waals surface area contributed by atoms with Crippen LogP contribution >= 0.6 is 0 Å². The fourth-order valence-electron chi connectivity index (χ4n) is 1.42. The van der Waals surface area contributed by atoms with Crippen LogP contribution in [-0.4, -0.2) is 30.8 Å². The Balaban J connectivity index is 2.68. The van der Waals surface area contributed by atoms with E-state index in [-0.39, 0.29) is 24.5 Å². The molecule has 4 nitrogen and oxygen atoms in total. The fourth-order valence-corrected chi connectivity index (χ4v) is 1.42. The van der Waals surface area contributed by atoms with Gasteiger partial charge in [0.2, 0.25) is 0 Å². The molecule has 0 fully saturated rings. The largest absolute Gasteiger partial charge is 0.497 e. The van der Waals surface area contributed by atoms with E-state index in [9.17, 15) is 4.79 Å². The van der Waals surface area contributed by atoms with Crippen molar-refractivity contribution in [3.8, 4) is 5.75 Å². The summed E-state index contributed by atoms with van der Waals surface area (Å²) in [6.45, 7) is 3.85. The fraction of sp³-hybridized carbons (Fsp3) is 0.462. The van der Waals surface area contributed by atoms with E-state index in [2.05, 4.69) is 5.32 Å². The zero-order valence-corrected chi connectivity index (χ0v) is 10.4. The van der Waals surface area contributed by atoms with Gasteiger partial charge in [-0.25, -0.2) is 0 Å². The third kappa shape index (κ3) is 3.75. The number of carbonyl (C=O) groups excluding carboxylic acids is 1. The zero-order valence-electron chi connectivity index (χ0n) is 10.4. The van der Waals surface area contributed by atoms with Crippen molar-refractivity contribution in [2.75, 3.05) is 13.7 Å². The number of hydrogen-bond acceptors (Lipinski definition) is 3. The molecule has 4 heteroatoms. The minimum atomic E-state index is -0.218. The maximum Gasteiger partial charge on any atom is 0.251 e. The number of ether oxygens (including phenoxy) is 1. The molecule has 0 bridgehead atoms. The summed E-state index contributed by atoms with van der Waals surface area (Å²) in [5.74, 6) is 0.728. The van der Waals surface area contributed by atoms with Gasteiger partial charge in [-0.3, -0.25) is 4.79 Å². The van der Waals surface area contributed by atoms with Crippen LogP contribution in [-0.2, 0) is 0 Å². The van der Waals surface area contributed by atoms with E-state index in [1.807, 2.05) is 13.8 Å². The Kier molecular flexibility index (Phi) is 4.97. The molecule has 1 rings (SSSR count). The summed E-state index contributed by atoms with van der Waals surface area (Å²) in [5, 5.41) is 11.9. The van der Waals surface area contributed by atoms with Crippen molar-refractivity contribution in [1.29, 1.82) is 0 Å². The average Bonchev–Trinajstić information content (AvgIpc) is 2.35. The molecule has 0 spiro atoms. The van der Waals surface area contributed by atoms with Crippen molar-refractivity contribution in [2.45, 2.75) is 19.9 Å². The van der Waals surface area contributed by atoms with Gasteiger partial charge in [0, 0.05) is 5.56 Å². The summed E-state index contributed by atoms with van der Waals surface area (Å²) in [4.78, 5) is 11.9. The standard InChI is InChI=1S/C13H19NO3/c1-9(2)12(8-15)14-13(16)10-4-6-11(17-3)7-5-10/h4-7,9,12,15H,8H2,1-3H3,(H,14,16)/t12-/m0/s1. The van der Waals surface area contributed by atoms with Crippen LogP contribution in [0, 0.1) is 5.92 Å². The van der Waals surface area contributed by atoms with Gasteiger partial charge in [0.05, 0.1) is 19.8 Å². The molecule has 0 heterocycles. The van der Waals surface area contributed by atoms with Crippen molar-refractivity contribution < 1.29 is 14.6 Å².